The second-order valence-corrected chi connectivity index (χ2v) is 7.66. The molecule has 128 valence electrons. The minimum Gasteiger partial charge on any atom is -0.377 e. The van der Waals surface area contributed by atoms with Gasteiger partial charge in [0, 0.05) is 24.0 Å². The molecule has 0 aliphatic heterocycles. The molecule has 0 spiro atoms. The van der Waals surface area contributed by atoms with Gasteiger partial charge >= 0.3 is 0 Å². The van der Waals surface area contributed by atoms with Crippen molar-refractivity contribution in [2.75, 3.05) is 26.4 Å². The summed E-state index contributed by atoms with van der Waals surface area (Å²) in [6.07, 6.45) is 0. The van der Waals surface area contributed by atoms with Crippen LogP contribution in [0.15, 0.2) is 0 Å². The fourth-order valence-corrected chi connectivity index (χ4v) is 1.63. The number of nitrogens with two attached hydrogens (primary N) is 2. The van der Waals surface area contributed by atoms with Crippen molar-refractivity contribution < 1.29 is 14.2 Å². The third kappa shape index (κ3) is 5.49. The van der Waals surface area contributed by atoms with E-state index in [1.165, 1.54) is 0 Å². The van der Waals surface area contributed by atoms with Crippen molar-refractivity contribution in [1.82, 2.24) is 0 Å². The molecule has 5 nitrogen and oxygen atoms in total. The molecule has 0 aliphatic carbocycles. The van der Waals surface area contributed by atoms with Gasteiger partial charge in [-0.2, -0.15) is 0 Å². The van der Waals surface area contributed by atoms with E-state index in [9.17, 15) is 0 Å². The van der Waals surface area contributed by atoms with Crippen LogP contribution < -0.4 is 11.5 Å². The lowest BCUT2D eigenvalue weighted by Crippen LogP contribution is -2.68. The maximum Gasteiger partial charge on any atom is 0.147 e. The van der Waals surface area contributed by atoms with E-state index < -0.39 is 11.4 Å². The van der Waals surface area contributed by atoms with E-state index in [0.29, 0.717) is 13.2 Å². The van der Waals surface area contributed by atoms with Crippen molar-refractivity contribution in [3.8, 4) is 0 Å². The predicted molar refractivity (Wildman–Crippen MR) is 86.8 cm³/mol. The van der Waals surface area contributed by atoms with Gasteiger partial charge in [-0.05, 0) is 13.8 Å². The molecule has 0 aliphatic rings. The molecule has 0 saturated carbocycles. The second kappa shape index (κ2) is 7.38. The van der Waals surface area contributed by atoms with Gasteiger partial charge in [0.15, 0.2) is 0 Å². The molecular weight excluding hydrogens is 268 g/mol. The van der Waals surface area contributed by atoms with Gasteiger partial charge in [0.05, 0.1) is 13.2 Å². The van der Waals surface area contributed by atoms with E-state index in [1.54, 1.807) is 0 Å². The van der Waals surface area contributed by atoms with Crippen LogP contribution in [0, 0.1) is 10.8 Å². The first-order valence-corrected chi connectivity index (χ1v) is 7.76. The van der Waals surface area contributed by atoms with Crippen molar-refractivity contribution in [2.45, 2.75) is 66.8 Å². The fourth-order valence-electron chi connectivity index (χ4n) is 1.63. The summed E-state index contributed by atoms with van der Waals surface area (Å²) in [7, 11) is 0. The SMILES string of the molecule is CCOCC(N)(OC(N)(COCC)C(C)(C)C)C(C)(C)C. The zero-order valence-electron chi connectivity index (χ0n) is 15.2. The smallest absolute Gasteiger partial charge is 0.147 e. The molecule has 0 saturated heterocycles. The maximum atomic E-state index is 6.53. The predicted octanol–water partition coefficient (Wildman–Crippen LogP) is 2.48. The van der Waals surface area contributed by atoms with Gasteiger partial charge in [0.25, 0.3) is 0 Å². The van der Waals surface area contributed by atoms with Crippen LogP contribution in [0.4, 0.5) is 0 Å². The molecule has 5 heteroatoms. The number of hydrogen-bond donors (Lipinski definition) is 2. The monoisotopic (exact) mass is 304 g/mol. The van der Waals surface area contributed by atoms with Crippen molar-refractivity contribution in [3.63, 3.8) is 0 Å². The van der Waals surface area contributed by atoms with Gasteiger partial charge in [-0.3, -0.25) is 0 Å². The molecule has 4 N–H and O–H groups in total. The molecule has 0 rings (SSSR count). The molecular formula is C16H36N2O3. The quantitative estimate of drug-likeness (QED) is 0.673. The first kappa shape index (κ1) is 20.8. The van der Waals surface area contributed by atoms with Crippen molar-refractivity contribution in [3.05, 3.63) is 0 Å². The van der Waals surface area contributed by atoms with Gasteiger partial charge in [-0.1, -0.05) is 41.5 Å². The van der Waals surface area contributed by atoms with Crippen LogP contribution in [-0.4, -0.2) is 37.9 Å². The Balaban J connectivity index is 5.41. The molecule has 0 radical (unpaired) electrons. The topological polar surface area (TPSA) is 79.7 Å². The zero-order chi connectivity index (χ0) is 16.9. The van der Waals surface area contributed by atoms with E-state index in [4.69, 9.17) is 25.7 Å². The fraction of sp³-hybridized carbons (Fsp3) is 1.00. The molecule has 0 heterocycles. The summed E-state index contributed by atoms with van der Waals surface area (Å²) < 4.78 is 17.3. The molecule has 0 bridgehead atoms. The van der Waals surface area contributed by atoms with Crippen molar-refractivity contribution in [1.29, 1.82) is 0 Å². The first-order chi connectivity index (χ1) is 9.33. The van der Waals surface area contributed by atoms with Gasteiger partial charge in [-0.15, -0.1) is 0 Å². The lowest BCUT2D eigenvalue weighted by Gasteiger charge is -2.50. The third-order valence-corrected chi connectivity index (χ3v) is 3.94. The summed E-state index contributed by atoms with van der Waals surface area (Å²) in [6, 6.07) is 0. The standard InChI is InChI=1S/C16H36N2O3/c1-9-19-11-15(17,13(3,4)5)21-16(18,12-20-10-2)14(6,7)8/h9-12,17-18H2,1-8H3. The first-order valence-electron chi connectivity index (χ1n) is 7.76. The maximum absolute atomic E-state index is 6.53. The van der Waals surface area contributed by atoms with Crippen molar-refractivity contribution in [2.24, 2.45) is 22.3 Å². The lowest BCUT2D eigenvalue weighted by atomic mass is 9.80. The third-order valence-electron chi connectivity index (χ3n) is 3.94. The van der Waals surface area contributed by atoms with Crippen molar-refractivity contribution >= 4 is 0 Å². The molecule has 2 atom stereocenters. The Kier molecular flexibility index (Phi) is 7.31. The van der Waals surface area contributed by atoms with Crippen LogP contribution >= 0.6 is 0 Å². The van der Waals surface area contributed by atoms with E-state index in [2.05, 4.69) is 0 Å². The molecule has 0 aromatic carbocycles. The van der Waals surface area contributed by atoms with Crippen LogP contribution in [-0.2, 0) is 14.2 Å². The van der Waals surface area contributed by atoms with Crippen LogP contribution in [0.2, 0.25) is 0 Å². The minimum atomic E-state index is -0.998. The molecule has 21 heavy (non-hydrogen) atoms. The Morgan fingerprint density at radius 1 is 0.667 bits per heavy atom. The normalized spacial score (nSPS) is 19.1. The Morgan fingerprint density at radius 3 is 1.14 bits per heavy atom. The van der Waals surface area contributed by atoms with E-state index in [1.807, 2.05) is 55.4 Å². The van der Waals surface area contributed by atoms with Gasteiger partial charge < -0.3 is 25.7 Å². The minimum absolute atomic E-state index is 0.286. The number of ether oxygens (including phenoxy) is 3. The van der Waals surface area contributed by atoms with Crippen LogP contribution in [0.5, 0.6) is 0 Å². The Morgan fingerprint density at radius 2 is 0.952 bits per heavy atom. The average Bonchev–Trinajstić information content (AvgIpc) is 2.31. The lowest BCUT2D eigenvalue weighted by molar-refractivity contribution is -0.265. The summed E-state index contributed by atoms with van der Waals surface area (Å²) >= 11 is 0. The molecule has 0 amide bonds. The summed E-state index contributed by atoms with van der Waals surface area (Å²) in [5.41, 5.74) is 10.4. The Labute approximate surface area is 130 Å². The van der Waals surface area contributed by atoms with Gasteiger partial charge in [-0.25, -0.2) is 0 Å². The zero-order valence-corrected chi connectivity index (χ0v) is 15.2. The highest BCUT2D eigenvalue weighted by molar-refractivity contribution is 4.95. The highest BCUT2D eigenvalue weighted by atomic mass is 16.6. The summed E-state index contributed by atoms with van der Waals surface area (Å²) in [4.78, 5) is 0. The van der Waals surface area contributed by atoms with E-state index in [-0.39, 0.29) is 24.0 Å². The molecule has 0 aromatic heterocycles. The van der Waals surface area contributed by atoms with Crippen LogP contribution in [0.25, 0.3) is 0 Å². The van der Waals surface area contributed by atoms with Crippen LogP contribution in [0.1, 0.15) is 55.4 Å². The Bertz CT molecular complexity index is 280. The number of hydrogen-bond acceptors (Lipinski definition) is 5. The highest BCUT2D eigenvalue weighted by Gasteiger charge is 2.50. The number of rotatable bonds is 8. The second-order valence-electron chi connectivity index (χ2n) is 7.66. The largest absolute Gasteiger partial charge is 0.377 e. The highest BCUT2D eigenvalue weighted by Crippen LogP contribution is 2.38. The summed E-state index contributed by atoms with van der Waals surface area (Å²) in [5.74, 6) is 0. The van der Waals surface area contributed by atoms with E-state index in [0.717, 1.165) is 0 Å². The van der Waals surface area contributed by atoms with Gasteiger partial charge in [0.2, 0.25) is 0 Å². The summed E-state index contributed by atoms with van der Waals surface area (Å²) in [5, 5.41) is 0. The Hall–Kier alpha value is -0.200. The van der Waals surface area contributed by atoms with Gasteiger partial charge in [0.1, 0.15) is 11.4 Å². The summed E-state index contributed by atoms with van der Waals surface area (Å²) in [6.45, 7) is 17.7. The molecule has 0 fully saturated rings. The van der Waals surface area contributed by atoms with Crippen LogP contribution in [0.3, 0.4) is 0 Å². The molecule has 2 unspecified atom stereocenters. The van der Waals surface area contributed by atoms with E-state index >= 15 is 0 Å². The average molecular weight is 304 g/mol. The molecule has 0 aromatic rings.